The molecular weight excluding hydrogens is 324 g/mol. The zero-order valence-corrected chi connectivity index (χ0v) is 14.8. The van der Waals surface area contributed by atoms with Crippen LogP contribution in [0.15, 0.2) is 53.8 Å². The molecule has 5 rings (SSSR count). The Hall–Kier alpha value is -2.99. The largest absolute Gasteiger partial charge is 0.331 e. The van der Waals surface area contributed by atoms with Gasteiger partial charge in [-0.2, -0.15) is 0 Å². The average molecular weight is 344 g/mol. The van der Waals surface area contributed by atoms with Crippen molar-refractivity contribution in [2.45, 2.75) is 25.9 Å². The number of rotatable bonds is 3. The Bertz CT molecular complexity index is 1100. The lowest BCUT2D eigenvalue weighted by molar-refractivity contribution is 0.365. The van der Waals surface area contributed by atoms with E-state index < -0.39 is 0 Å². The molecule has 0 aliphatic carbocycles. The van der Waals surface area contributed by atoms with Crippen molar-refractivity contribution in [1.82, 2.24) is 25.0 Å². The van der Waals surface area contributed by atoms with Gasteiger partial charge in [0.2, 0.25) is 0 Å². The quantitative estimate of drug-likeness (QED) is 0.793. The lowest BCUT2D eigenvalue weighted by Crippen LogP contribution is -2.36. The third-order valence-electron chi connectivity index (χ3n) is 5.06. The monoisotopic (exact) mass is 344 g/mol. The Morgan fingerprint density at radius 3 is 3.08 bits per heavy atom. The van der Waals surface area contributed by atoms with Crippen LogP contribution in [0.5, 0.6) is 0 Å². The summed E-state index contributed by atoms with van der Waals surface area (Å²) in [6, 6.07) is 6.22. The number of imidazole rings is 1. The molecule has 0 saturated carbocycles. The van der Waals surface area contributed by atoms with Gasteiger partial charge in [0.1, 0.15) is 17.8 Å². The minimum atomic E-state index is 0.0803. The summed E-state index contributed by atoms with van der Waals surface area (Å²) in [6.45, 7) is 2.13. The summed E-state index contributed by atoms with van der Waals surface area (Å²) in [4.78, 5) is 14.2. The minimum absolute atomic E-state index is 0.0803. The van der Waals surface area contributed by atoms with Crippen LogP contribution < -0.4 is 5.43 Å². The van der Waals surface area contributed by atoms with Gasteiger partial charge in [-0.05, 0) is 49.3 Å². The van der Waals surface area contributed by atoms with E-state index in [1.54, 1.807) is 0 Å². The molecule has 0 amide bonds. The lowest BCUT2D eigenvalue weighted by atomic mass is 10.1. The highest BCUT2D eigenvalue weighted by Gasteiger charge is 2.23. The lowest BCUT2D eigenvalue weighted by Gasteiger charge is -2.17. The van der Waals surface area contributed by atoms with Crippen LogP contribution in [0.2, 0.25) is 0 Å². The van der Waals surface area contributed by atoms with Gasteiger partial charge < -0.3 is 4.57 Å². The molecule has 1 aromatic carbocycles. The SMILES string of the molecule is Cc1cc2ncccc2c2nc(CCC3N=C4C=CC=CN4N3)n(C)c12. The van der Waals surface area contributed by atoms with E-state index in [1.807, 2.05) is 41.7 Å². The van der Waals surface area contributed by atoms with Gasteiger partial charge >= 0.3 is 0 Å². The first-order valence-electron chi connectivity index (χ1n) is 8.88. The number of benzene rings is 1. The maximum absolute atomic E-state index is 4.96. The van der Waals surface area contributed by atoms with Crippen molar-refractivity contribution in [2.75, 3.05) is 0 Å². The molecule has 0 bridgehead atoms. The maximum atomic E-state index is 4.96. The van der Waals surface area contributed by atoms with Crippen LogP contribution in [0.3, 0.4) is 0 Å². The number of hydrogen-bond donors (Lipinski definition) is 1. The van der Waals surface area contributed by atoms with Crippen molar-refractivity contribution in [3.05, 3.63) is 60.2 Å². The predicted octanol–water partition coefficient (Wildman–Crippen LogP) is 2.99. The number of fused-ring (bicyclic) bond motifs is 4. The topological polar surface area (TPSA) is 58.3 Å². The van der Waals surface area contributed by atoms with Crippen molar-refractivity contribution < 1.29 is 0 Å². The molecule has 0 radical (unpaired) electrons. The van der Waals surface area contributed by atoms with Crippen molar-refractivity contribution in [1.29, 1.82) is 0 Å². The van der Waals surface area contributed by atoms with Gasteiger partial charge in [-0.25, -0.2) is 15.4 Å². The van der Waals surface area contributed by atoms with E-state index in [9.17, 15) is 0 Å². The molecule has 3 aromatic rings. The number of aromatic nitrogens is 3. The Kier molecular flexibility index (Phi) is 3.39. The number of aryl methyl sites for hydroxylation is 3. The molecule has 6 heteroatoms. The second kappa shape index (κ2) is 5.78. The van der Waals surface area contributed by atoms with E-state index in [1.165, 1.54) is 11.1 Å². The van der Waals surface area contributed by atoms with Crippen molar-refractivity contribution >= 4 is 27.8 Å². The molecule has 0 saturated heterocycles. The first-order valence-corrected chi connectivity index (χ1v) is 8.88. The highest BCUT2D eigenvalue weighted by atomic mass is 15.6. The van der Waals surface area contributed by atoms with Crippen LogP contribution in [0.4, 0.5) is 0 Å². The third-order valence-corrected chi connectivity index (χ3v) is 5.06. The number of amidine groups is 1. The average Bonchev–Trinajstić information content (AvgIpc) is 3.21. The van der Waals surface area contributed by atoms with Gasteiger partial charge in [0.05, 0.1) is 16.6 Å². The maximum Gasteiger partial charge on any atom is 0.143 e. The molecule has 2 aromatic heterocycles. The number of hydrazine groups is 1. The molecule has 2 aliphatic rings. The molecule has 0 spiro atoms. The fourth-order valence-electron chi connectivity index (χ4n) is 3.81. The number of hydrogen-bond acceptors (Lipinski definition) is 5. The van der Waals surface area contributed by atoms with Crippen LogP contribution >= 0.6 is 0 Å². The molecule has 2 aliphatic heterocycles. The zero-order valence-electron chi connectivity index (χ0n) is 14.8. The Morgan fingerprint density at radius 1 is 1.27 bits per heavy atom. The second-order valence-corrected chi connectivity index (χ2v) is 6.79. The molecule has 1 N–H and O–H groups in total. The van der Waals surface area contributed by atoms with Crippen LogP contribution in [0.1, 0.15) is 17.8 Å². The molecule has 1 atom stereocenters. The van der Waals surface area contributed by atoms with Crippen molar-refractivity contribution in [3.63, 3.8) is 0 Å². The van der Waals surface area contributed by atoms with E-state index in [0.717, 1.165) is 40.9 Å². The normalized spacial score (nSPS) is 18.8. The fraction of sp³-hybridized carbons (Fsp3) is 0.250. The molecule has 130 valence electrons. The summed E-state index contributed by atoms with van der Waals surface area (Å²) in [5.74, 6) is 2.05. The summed E-state index contributed by atoms with van der Waals surface area (Å²) in [7, 11) is 2.10. The standard InChI is InChI=1S/C20H20N6/c1-13-12-15-14(6-5-10-21-15)19-20(13)25(2)17(23-19)9-8-16-22-18-7-3-4-11-26(18)24-16/h3-7,10-12,16,24H,8-9H2,1-2H3. The summed E-state index contributed by atoms with van der Waals surface area (Å²) >= 11 is 0. The van der Waals surface area contributed by atoms with Gasteiger partial charge in [0.25, 0.3) is 0 Å². The van der Waals surface area contributed by atoms with E-state index in [0.29, 0.717) is 0 Å². The van der Waals surface area contributed by atoms with Crippen LogP contribution in [-0.4, -0.2) is 31.5 Å². The molecule has 1 unspecified atom stereocenters. The number of allylic oxidation sites excluding steroid dienone is 2. The van der Waals surface area contributed by atoms with Crippen LogP contribution in [-0.2, 0) is 13.5 Å². The van der Waals surface area contributed by atoms with E-state index in [2.05, 4.69) is 41.1 Å². The highest BCUT2D eigenvalue weighted by Crippen LogP contribution is 2.28. The summed E-state index contributed by atoms with van der Waals surface area (Å²) in [5.41, 5.74) is 7.84. The van der Waals surface area contributed by atoms with E-state index >= 15 is 0 Å². The van der Waals surface area contributed by atoms with Crippen LogP contribution in [0.25, 0.3) is 21.9 Å². The highest BCUT2D eigenvalue weighted by molar-refractivity contribution is 6.04. The molecule has 4 heterocycles. The Balaban J connectivity index is 1.46. The Morgan fingerprint density at radius 2 is 2.19 bits per heavy atom. The van der Waals surface area contributed by atoms with Crippen molar-refractivity contribution in [3.8, 4) is 0 Å². The van der Waals surface area contributed by atoms with Gasteiger partial charge in [-0.1, -0.05) is 6.08 Å². The number of nitrogens with one attached hydrogen (secondary N) is 1. The van der Waals surface area contributed by atoms with Gasteiger partial charge in [-0.3, -0.25) is 9.99 Å². The minimum Gasteiger partial charge on any atom is -0.331 e. The number of nitrogens with zero attached hydrogens (tertiary/aromatic N) is 5. The number of aliphatic imine (C=N–C) groups is 1. The summed E-state index contributed by atoms with van der Waals surface area (Å²) in [5, 5.41) is 3.09. The van der Waals surface area contributed by atoms with Crippen molar-refractivity contribution in [2.24, 2.45) is 12.0 Å². The summed E-state index contributed by atoms with van der Waals surface area (Å²) < 4.78 is 2.21. The van der Waals surface area contributed by atoms with Crippen LogP contribution in [0, 0.1) is 6.92 Å². The molecular formula is C20H20N6. The number of pyridine rings is 1. The molecule has 6 nitrogen and oxygen atoms in total. The third kappa shape index (κ3) is 2.34. The first-order chi connectivity index (χ1) is 12.7. The smallest absolute Gasteiger partial charge is 0.143 e. The molecule has 0 fully saturated rings. The van der Waals surface area contributed by atoms with E-state index in [-0.39, 0.29) is 6.17 Å². The first kappa shape index (κ1) is 15.3. The van der Waals surface area contributed by atoms with E-state index in [4.69, 9.17) is 9.98 Å². The summed E-state index contributed by atoms with van der Waals surface area (Å²) in [6.07, 6.45) is 11.7. The van der Waals surface area contributed by atoms with Gasteiger partial charge in [0.15, 0.2) is 0 Å². The van der Waals surface area contributed by atoms with Gasteiger partial charge in [0, 0.05) is 31.3 Å². The van der Waals surface area contributed by atoms with Gasteiger partial charge in [-0.15, -0.1) is 0 Å². The second-order valence-electron chi connectivity index (χ2n) is 6.79. The molecule has 26 heavy (non-hydrogen) atoms. The zero-order chi connectivity index (χ0) is 17.7. The Labute approximate surface area is 151 Å². The predicted molar refractivity (Wildman–Crippen MR) is 104 cm³/mol. The fourth-order valence-corrected chi connectivity index (χ4v) is 3.81.